The molecule has 0 saturated carbocycles. The largest absolute Gasteiger partial charge is 0.464 e. The summed E-state index contributed by atoms with van der Waals surface area (Å²) < 4.78 is 5.49. The van der Waals surface area contributed by atoms with Crippen LogP contribution in [0, 0.1) is 13.8 Å². The third-order valence-electron chi connectivity index (χ3n) is 2.75. The molecule has 0 atom stereocenters. The van der Waals surface area contributed by atoms with Crippen LogP contribution in [0.5, 0.6) is 0 Å². The molecule has 0 N–H and O–H groups in total. The zero-order valence-corrected chi connectivity index (χ0v) is 11.2. The van der Waals surface area contributed by atoms with Gasteiger partial charge < -0.3 is 4.42 Å². The Morgan fingerprint density at radius 2 is 1.69 bits per heavy atom. The second kappa shape index (κ2) is 5.20. The maximum absolute atomic E-state index is 5.49. The van der Waals surface area contributed by atoms with Crippen molar-refractivity contribution in [3.63, 3.8) is 0 Å². The summed E-state index contributed by atoms with van der Waals surface area (Å²) >= 11 is 0. The number of benzene rings is 1. The van der Waals surface area contributed by atoms with E-state index in [4.69, 9.17) is 4.42 Å². The number of fused-ring (bicyclic) bond motifs is 1. The molecule has 1 heterocycles. The second-order valence-corrected chi connectivity index (χ2v) is 4.24. The van der Waals surface area contributed by atoms with E-state index in [1.807, 2.05) is 13.8 Å². The number of aryl methyl sites for hydroxylation is 2. The van der Waals surface area contributed by atoms with E-state index in [2.05, 4.69) is 39.8 Å². The standard InChI is InChI=1S/C13H16O.C2H6/c1-8(2)12-9(3)7-10(4)13-11(12)5-6-14-13;1-2/h5-8H,1-4H3;1-2H3. The van der Waals surface area contributed by atoms with Crippen molar-refractivity contribution in [1.82, 2.24) is 0 Å². The zero-order chi connectivity index (χ0) is 12.3. The van der Waals surface area contributed by atoms with Crippen LogP contribution in [0.2, 0.25) is 0 Å². The molecule has 1 nitrogen and oxygen atoms in total. The predicted octanol–water partition coefficient (Wildman–Crippen LogP) is 5.20. The first-order valence-electron chi connectivity index (χ1n) is 6.08. The molecule has 0 aliphatic rings. The van der Waals surface area contributed by atoms with Crippen LogP contribution in [0.25, 0.3) is 11.0 Å². The van der Waals surface area contributed by atoms with Gasteiger partial charge in [-0.15, -0.1) is 0 Å². The van der Waals surface area contributed by atoms with Crippen molar-refractivity contribution in [2.75, 3.05) is 0 Å². The molecule has 1 aromatic carbocycles. The molecular weight excluding hydrogens is 196 g/mol. The molecule has 2 aromatic rings. The van der Waals surface area contributed by atoms with Crippen molar-refractivity contribution in [1.29, 1.82) is 0 Å². The van der Waals surface area contributed by atoms with Crippen molar-refractivity contribution in [2.45, 2.75) is 47.5 Å². The molecule has 0 radical (unpaired) electrons. The van der Waals surface area contributed by atoms with Gasteiger partial charge in [0.05, 0.1) is 6.26 Å². The summed E-state index contributed by atoms with van der Waals surface area (Å²) in [6, 6.07) is 4.28. The van der Waals surface area contributed by atoms with Gasteiger partial charge in [0, 0.05) is 5.39 Å². The zero-order valence-electron chi connectivity index (χ0n) is 11.2. The van der Waals surface area contributed by atoms with Crippen LogP contribution in [-0.4, -0.2) is 0 Å². The highest BCUT2D eigenvalue weighted by atomic mass is 16.3. The Labute approximate surface area is 98.5 Å². The van der Waals surface area contributed by atoms with Crippen LogP contribution in [0.1, 0.15) is 50.3 Å². The summed E-state index contributed by atoms with van der Waals surface area (Å²) in [6.45, 7) is 12.7. The van der Waals surface area contributed by atoms with E-state index in [0.29, 0.717) is 5.92 Å². The van der Waals surface area contributed by atoms with Crippen molar-refractivity contribution in [2.24, 2.45) is 0 Å². The van der Waals surface area contributed by atoms with Crippen molar-refractivity contribution < 1.29 is 4.42 Å². The third-order valence-corrected chi connectivity index (χ3v) is 2.75. The summed E-state index contributed by atoms with van der Waals surface area (Å²) in [5.41, 5.74) is 5.05. The van der Waals surface area contributed by atoms with E-state index in [1.54, 1.807) is 6.26 Å². The number of hydrogen-bond acceptors (Lipinski definition) is 1. The van der Waals surface area contributed by atoms with E-state index >= 15 is 0 Å². The van der Waals surface area contributed by atoms with Crippen LogP contribution in [0.15, 0.2) is 22.8 Å². The monoisotopic (exact) mass is 218 g/mol. The summed E-state index contributed by atoms with van der Waals surface area (Å²) in [4.78, 5) is 0. The fourth-order valence-electron chi connectivity index (χ4n) is 2.27. The van der Waals surface area contributed by atoms with Gasteiger partial charge in [-0.25, -0.2) is 0 Å². The minimum Gasteiger partial charge on any atom is -0.464 e. The van der Waals surface area contributed by atoms with Gasteiger partial charge in [-0.2, -0.15) is 0 Å². The van der Waals surface area contributed by atoms with Gasteiger partial charge >= 0.3 is 0 Å². The Morgan fingerprint density at radius 3 is 2.25 bits per heavy atom. The molecule has 0 saturated heterocycles. The molecule has 0 unspecified atom stereocenters. The lowest BCUT2D eigenvalue weighted by atomic mass is 9.93. The third kappa shape index (κ3) is 2.13. The first-order chi connectivity index (χ1) is 7.61. The van der Waals surface area contributed by atoms with E-state index in [0.717, 1.165) is 5.58 Å². The molecule has 1 aromatic heterocycles. The van der Waals surface area contributed by atoms with E-state index in [-0.39, 0.29) is 0 Å². The van der Waals surface area contributed by atoms with Crippen LogP contribution in [-0.2, 0) is 0 Å². The summed E-state index contributed by atoms with van der Waals surface area (Å²) in [5.74, 6) is 0.552. The van der Waals surface area contributed by atoms with E-state index in [9.17, 15) is 0 Å². The highest BCUT2D eigenvalue weighted by Crippen LogP contribution is 2.31. The molecule has 0 aliphatic heterocycles. The second-order valence-electron chi connectivity index (χ2n) is 4.24. The van der Waals surface area contributed by atoms with Crippen LogP contribution >= 0.6 is 0 Å². The molecule has 0 fully saturated rings. The Morgan fingerprint density at radius 1 is 1.06 bits per heavy atom. The first kappa shape index (κ1) is 12.8. The number of hydrogen-bond donors (Lipinski definition) is 0. The van der Waals surface area contributed by atoms with Gasteiger partial charge in [0.1, 0.15) is 5.58 Å². The molecule has 0 bridgehead atoms. The van der Waals surface area contributed by atoms with Crippen molar-refractivity contribution in [3.05, 3.63) is 35.1 Å². The topological polar surface area (TPSA) is 13.1 Å². The summed E-state index contributed by atoms with van der Waals surface area (Å²) in [7, 11) is 0. The highest BCUT2D eigenvalue weighted by molar-refractivity contribution is 5.85. The van der Waals surface area contributed by atoms with Crippen molar-refractivity contribution in [3.8, 4) is 0 Å². The van der Waals surface area contributed by atoms with Gasteiger partial charge in [0.2, 0.25) is 0 Å². The molecule has 0 aliphatic carbocycles. The van der Waals surface area contributed by atoms with Gasteiger partial charge in [-0.1, -0.05) is 33.8 Å². The van der Waals surface area contributed by atoms with Gasteiger partial charge in [0.25, 0.3) is 0 Å². The first-order valence-corrected chi connectivity index (χ1v) is 6.08. The average Bonchev–Trinajstić information content (AvgIpc) is 2.69. The van der Waals surface area contributed by atoms with Crippen molar-refractivity contribution >= 4 is 11.0 Å². The lowest BCUT2D eigenvalue weighted by molar-refractivity contribution is 0.613. The normalized spacial score (nSPS) is 10.4. The predicted molar refractivity (Wildman–Crippen MR) is 71.1 cm³/mol. The van der Waals surface area contributed by atoms with E-state index < -0.39 is 0 Å². The number of rotatable bonds is 1. The quantitative estimate of drug-likeness (QED) is 0.641. The average molecular weight is 218 g/mol. The fourth-order valence-corrected chi connectivity index (χ4v) is 2.27. The van der Waals surface area contributed by atoms with Gasteiger partial charge in [-0.3, -0.25) is 0 Å². The maximum atomic E-state index is 5.49. The fraction of sp³-hybridized carbons (Fsp3) is 0.467. The van der Waals surface area contributed by atoms with Crippen LogP contribution in [0.3, 0.4) is 0 Å². The molecular formula is C15H22O. The molecule has 0 amide bonds. The minimum atomic E-state index is 0.552. The lowest BCUT2D eigenvalue weighted by Gasteiger charge is -2.12. The molecule has 2 rings (SSSR count). The summed E-state index contributed by atoms with van der Waals surface area (Å²) in [6.07, 6.45) is 1.78. The SMILES string of the molecule is CC.Cc1cc(C)c2occc2c1C(C)C. The Hall–Kier alpha value is -1.24. The van der Waals surface area contributed by atoms with Gasteiger partial charge in [-0.05, 0) is 42.5 Å². The molecule has 0 spiro atoms. The van der Waals surface area contributed by atoms with Gasteiger partial charge in [0.15, 0.2) is 0 Å². The Balaban J connectivity index is 0.000000606. The Kier molecular flexibility index (Phi) is 4.17. The number of furan rings is 1. The highest BCUT2D eigenvalue weighted by Gasteiger charge is 2.12. The van der Waals surface area contributed by atoms with E-state index in [1.165, 1.54) is 22.1 Å². The maximum Gasteiger partial charge on any atom is 0.137 e. The smallest absolute Gasteiger partial charge is 0.137 e. The Bertz CT molecular complexity index is 463. The molecule has 1 heteroatoms. The molecule has 88 valence electrons. The van der Waals surface area contributed by atoms with Crippen LogP contribution < -0.4 is 0 Å². The lowest BCUT2D eigenvalue weighted by Crippen LogP contribution is -1.93. The minimum absolute atomic E-state index is 0.552. The van der Waals surface area contributed by atoms with Crippen LogP contribution in [0.4, 0.5) is 0 Å². The summed E-state index contributed by atoms with van der Waals surface area (Å²) in [5, 5.41) is 1.28. The molecule has 16 heavy (non-hydrogen) atoms.